The van der Waals surface area contributed by atoms with Gasteiger partial charge in [-0.2, -0.15) is 5.10 Å². The summed E-state index contributed by atoms with van der Waals surface area (Å²) in [4.78, 5) is 14.0. The summed E-state index contributed by atoms with van der Waals surface area (Å²) < 4.78 is 1.82. The fourth-order valence-electron chi connectivity index (χ4n) is 4.47. The fourth-order valence-corrected chi connectivity index (χ4v) is 4.47. The summed E-state index contributed by atoms with van der Waals surface area (Å²) in [6, 6.07) is 0.204. The number of likely N-dealkylation sites (tertiary alicyclic amines) is 1. The van der Waals surface area contributed by atoms with Gasteiger partial charge in [0.15, 0.2) is 0 Å². The van der Waals surface area contributed by atoms with Crippen molar-refractivity contribution in [2.75, 3.05) is 0 Å². The first-order valence-electron chi connectivity index (χ1n) is 7.99. The van der Waals surface area contributed by atoms with Crippen molar-refractivity contribution in [1.29, 1.82) is 0 Å². The number of hydrogen-bond donors (Lipinski definition) is 1. The van der Waals surface area contributed by atoms with E-state index in [4.69, 9.17) is 0 Å². The highest BCUT2D eigenvalue weighted by atomic mass is 16.4. The minimum Gasteiger partial charge on any atom is -0.480 e. The van der Waals surface area contributed by atoms with Crippen LogP contribution in [0, 0.1) is 12.8 Å². The lowest BCUT2D eigenvalue weighted by atomic mass is 9.84. The number of hydrogen-bond acceptors (Lipinski definition) is 3. The van der Waals surface area contributed by atoms with Gasteiger partial charge in [0.25, 0.3) is 0 Å². The SMILES string of the molecule is Cc1nn(C)cc1C(C)N1C(C(=O)O)CC2CCCCC21. The van der Waals surface area contributed by atoms with Crippen LogP contribution in [0.5, 0.6) is 0 Å². The molecule has 0 aromatic carbocycles. The quantitative estimate of drug-likeness (QED) is 0.929. The van der Waals surface area contributed by atoms with Crippen molar-refractivity contribution in [3.8, 4) is 0 Å². The summed E-state index contributed by atoms with van der Waals surface area (Å²) in [5.74, 6) is -0.114. The maximum Gasteiger partial charge on any atom is 0.320 e. The molecule has 4 unspecified atom stereocenters. The van der Waals surface area contributed by atoms with Crippen molar-refractivity contribution in [2.45, 2.75) is 64.1 Å². The molecule has 5 nitrogen and oxygen atoms in total. The van der Waals surface area contributed by atoms with Gasteiger partial charge >= 0.3 is 5.97 Å². The Balaban J connectivity index is 1.92. The van der Waals surface area contributed by atoms with Crippen molar-refractivity contribution in [2.24, 2.45) is 13.0 Å². The molecule has 1 aromatic rings. The van der Waals surface area contributed by atoms with Gasteiger partial charge in [0.2, 0.25) is 0 Å². The lowest BCUT2D eigenvalue weighted by molar-refractivity contribution is -0.143. The number of rotatable bonds is 3. The van der Waals surface area contributed by atoms with E-state index in [0.717, 1.165) is 24.1 Å². The van der Waals surface area contributed by atoms with Crippen LogP contribution >= 0.6 is 0 Å². The Kier molecular flexibility index (Phi) is 3.78. The molecular formula is C16H25N3O2. The average molecular weight is 291 g/mol. The van der Waals surface area contributed by atoms with Crippen LogP contribution in [0.3, 0.4) is 0 Å². The van der Waals surface area contributed by atoms with Gasteiger partial charge in [0, 0.05) is 30.9 Å². The fraction of sp³-hybridized carbons (Fsp3) is 0.750. The number of carbonyl (C=O) groups is 1. The third-order valence-corrected chi connectivity index (χ3v) is 5.37. The zero-order chi connectivity index (χ0) is 15.1. The van der Waals surface area contributed by atoms with Crippen LogP contribution in [-0.2, 0) is 11.8 Å². The lowest BCUT2D eigenvalue weighted by Gasteiger charge is -2.37. The van der Waals surface area contributed by atoms with Gasteiger partial charge in [0.05, 0.1) is 5.69 Å². The van der Waals surface area contributed by atoms with Gasteiger partial charge in [-0.3, -0.25) is 14.4 Å². The standard InChI is InChI=1S/C16H25N3O2/c1-10-13(9-18(3)17-10)11(2)19-14-7-5-4-6-12(14)8-15(19)16(20)21/h9,11-12,14-15H,4-8H2,1-3H3,(H,20,21). The topological polar surface area (TPSA) is 58.4 Å². The third-order valence-electron chi connectivity index (χ3n) is 5.37. The van der Waals surface area contributed by atoms with Crippen molar-refractivity contribution in [3.05, 3.63) is 17.5 Å². The van der Waals surface area contributed by atoms with Crippen LogP contribution in [0.2, 0.25) is 0 Å². The molecule has 4 atom stereocenters. The van der Waals surface area contributed by atoms with Crippen LogP contribution in [0.1, 0.15) is 56.3 Å². The molecule has 0 amide bonds. The number of aryl methyl sites for hydroxylation is 2. The van der Waals surface area contributed by atoms with Crippen LogP contribution in [0.4, 0.5) is 0 Å². The molecule has 116 valence electrons. The predicted octanol–water partition coefficient (Wildman–Crippen LogP) is 2.51. The summed E-state index contributed by atoms with van der Waals surface area (Å²) in [6.45, 7) is 4.15. The van der Waals surface area contributed by atoms with Crippen LogP contribution in [-0.4, -0.2) is 37.8 Å². The molecule has 0 radical (unpaired) electrons. The Morgan fingerprint density at radius 3 is 2.76 bits per heavy atom. The molecule has 21 heavy (non-hydrogen) atoms. The van der Waals surface area contributed by atoms with E-state index in [2.05, 4.69) is 16.9 Å². The van der Waals surface area contributed by atoms with E-state index in [0.29, 0.717) is 12.0 Å². The first-order valence-corrected chi connectivity index (χ1v) is 7.99. The zero-order valence-electron chi connectivity index (χ0n) is 13.1. The summed E-state index contributed by atoms with van der Waals surface area (Å²) in [5.41, 5.74) is 2.17. The second-order valence-electron chi connectivity index (χ2n) is 6.67. The van der Waals surface area contributed by atoms with E-state index in [1.807, 2.05) is 24.9 Å². The lowest BCUT2D eigenvalue weighted by Crippen LogP contribution is -2.43. The molecule has 2 fully saturated rings. The molecule has 1 aliphatic heterocycles. The molecule has 2 aliphatic rings. The minimum atomic E-state index is -0.669. The second kappa shape index (κ2) is 5.44. The number of fused-ring (bicyclic) bond motifs is 1. The first-order chi connectivity index (χ1) is 9.99. The van der Waals surface area contributed by atoms with Crippen molar-refractivity contribution in [1.82, 2.24) is 14.7 Å². The normalized spacial score (nSPS) is 31.1. The predicted molar refractivity (Wildman–Crippen MR) is 80.0 cm³/mol. The Labute approximate surface area is 125 Å². The molecule has 0 bridgehead atoms. The third kappa shape index (κ3) is 2.48. The highest BCUT2D eigenvalue weighted by Crippen LogP contribution is 2.44. The Bertz CT molecular complexity index is 540. The Morgan fingerprint density at radius 1 is 1.43 bits per heavy atom. The van der Waals surface area contributed by atoms with E-state index >= 15 is 0 Å². The number of aliphatic carboxylic acids is 1. The number of carboxylic acid groups (broad SMARTS) is 1. The van der Waals surface area contributed by atoms with E-state index < -0.39 is 5.97 Å². The van der Waals surface area contributed by atoms with E-state index in [9.17, 15) is 9.90 Å². The summed E-state index contributed by atoms with van der Waals surface area (Å²) in [6.07, 6.45) is 7.64. The summed E-state index contributed by atoms with van der Waals surface area (Å²) >= 11 is 0. The monoisotopic (exact) mass is 291 g/mol. The molecule has 2 heterocycles. The van der Waals surface area contributed by atoms with E-state index in [-0.39, 0.29) is 12.1 Å². The maximum atomic E-state index is 11.7. The van der Waals surface area contributed by atoms with Crippen LogP contribution < -0.4 is 0 Å². The molecule has 5 heteroatoms. The molecule has 1 saturated carbocycles. The average Bonchev–Trinajstić information content (AvgIpc) is 2.98. The van der Waals surface area contributed by atoms with Gasteiger partial charge in [-0.25, -0.2) is 0 Å². The van der Waals surface area contributed by atoms with Crippen molar-refractivity contribution >= 4 is 5.97 Å². The van der Waals surface area contributed by atoms with Gasteiger partial charge in [0.1, 0.15) is 6.04 Å². The Hall–Kier alpha value is -1.36. The number of aromatic nitrogens is 2. The van der Waals surface area contributed by atoms with Gasteiger partial charge in [-0.05, 0) is 39.0 Å². The molecule has 0 spiro atoms. The number of carboxylic acids is 1. The largest absolute Gasteiger partial charge is 0.480 e. The van der Waals surface area contributed by atoms with Crippen LogP contribution in [0.15, 0.2) is 6.20 Å². The first kappa shape index (κ1) is 14.6. The van der Waals surface area contributed by atoms with E-state index in [1.165, 1.54) is 19.3 Å². The highest BCUT2D eigenvalue weighted by Gasteiger charge is 2.47. The minimum absolute atomic E-state index is 0.118. The van der Waals surface area contributed by atoms with Gasteiger partial charge < -0.3 is 5.11 Å². The summed E-state index contributed by atoms with van der Waals surface area (Å²) in [7, 11) is 1.92. The maximum absolute atomic E-state index is 11.7. The van der Waals surface area contributed by atoms with Crippen molar-refractivity contribution in [3.63, 3.8) is 0 Å². The van der Waals surface area contributed by atoms with Gasteiger partial charge in [-0.15, -0.1) is 0 Å². The Morgan fingerprint density at radius 2 is 2.14 bits per heavy atom. The molecule has 1 saturated heterocycles. The van der Waals surface area contributed by atoms with Gasteiger partial charge in [-0.1, -0.05) is 12.8 Å². The molecule has 1 aliphatic carbocycles. The number of nitrogens with zero attached hydrogens (tertiary/aromatic N) is 3. The molecule has 1 N–H and O–H groups in total. The van der Waals surface area contributed by atoms with E-state index in [1.54, 1.807) is 0 Å². The highest BCUT2D eigenvalue weighted by molar-refractivity contribution is 5.74. The molecule has 1 aromatic heterocycles. The smallest absolute Gasteiger partial charge is 0.320 e. The molecular weight excluding hydrogens is 266 g/mol. The van der Waals surface area contributed by atoms with Crippen LogP contribution in [0.25, 0.3) is 0 Å². The summed E-state index contributed by atoms with van der Waals surface area (Å²) in [5, 5.41) is 14.1. The van der Waals surface area contributed by atoms with Crippen molar-refractivity contribution < 1.29 is 9.90 Å². The second-order valence-corrected chi connectivity index (χ2v) is 6.67. The molecule has 3 rings (SSSR count). The zero-order valence-corrected chi connectivity index (χ0v) is 13.1.